The number of morpholine rings is 1. The summed E-state index contributed by atoms with van der Waals surface area (Å²) in [5.41, 5.74) is 3.37. The highest BCUT2D eigenvalue weighted by atomic mass is 32.3. The van der Waals surface area contributed by atoms with Gasteiger partial charge in [0.25, 0.3) is 0 Å². The summed E-state index contributed by atoms with van der Waals surface area (Å²) in [4.78, 5) is 0.329. The minimum absolute atomic E-state index is 0.151. The van der Waals surface area contributed by atoms with Crippen molar-refractivity contribution in [1.29, 1.82) is 0 Å². The molecule has 2 heterocycles. The van der Waals surface area contributed by atoms with Crippen LogP contribution in [-0.4, -0.2) is 55.4 Å². The number of ether oxygens (including phenoxy) is 3. The number of hydrogen-bond donors (Lipinski definition) is 1. The van der Waals surface area contributed by atoms with E-state index in [-0.39, 0.29) is 5.41 Å². The lowest BCUT2D eigenvalue weighted by Gasteiger charge is -2.30. The van der Waals surface area contributed by atoms with Crippen LogP contribution in [0.5, 0.6) is 11.5 Å². The fourth-order valence-corrected chi connectivity index (χ4v) is 5.78. The van der Waals surface area contributed by atoms with Crippen LogP contribution in [0.2, 0.25) is 0 Å². The minimum Gasteiger partial charge on any atom is -0.593 e. The van der Waals surface area contributed by atoms with Gasteiger partial charge in [-0.25, -0.2) is 0 Å². The molecule has 0 bridgehead atoms. The van der Waals surface area contributed by atoms with E-state index in [0.29, 0.717) is 44.4 Å². The maximum Gasteiger partial charge on any atom is 0.180 e. The SMILES string of the molecule is COc1ccc2c(c1)C(CNc1ccc(C)c([S+](=O)([O-])N3CCOCC3)c1)=CC(C)(C)CO2. The molecule has 1 saturated heterocycles. The number of rotatable bonds is 6. The number of hydrogen-bond acceptors (Lipinski definition) is 6. The lowest BCUT2D eigenvalue weighted by atomic mass is 9.90. The van der Waals surface area contributed by atoms with Crippen molar-refractivity contribution in [2.24, 2.45) is 5.41 Å². The van der Waals surface area contributed by atoms with E-state index in [1.165, 1.54) is 4.31 Å². The number of nitrogens with one attached hydrogen (secondary N) is 1. The van der Waals surface area contributed by atoms with Crippen molar-refractivity contribution in [1.82, 2.24) is 4.31 Å². The van der Waals surface area contributed by atoms with Gasteiger partial charge in [-0.15, -0.1) is 4.31 Å². The summed E-state index contributed by atoms with van der Waals surface area (Å²) in [7, 11) is -1.93. The Kier molecular flexibility index (Phi) is 6.81. The van der Waals surface area contributed by atoms with E-state index >= 15 is 0 Å². The van der Waals surface area contributed by atoms with Crippen molar-refractivity contribution in [2.45, 2.75) is 25.7 Å². The Morgan fingerprint density at radius 3 is 2.67 bits per heavy atom. The Labute approximate surface area is 197 Å². The molecule has 178 valence electrons. The normalized spacial score (nSPS) is 20.0. The Balaban J connectivity index is 1.61. The van der Waals surface area contributed by atoms with E-state index in [0.717, 1.165) is 33.9 Å². The molecule has 0 spiro atoms. The van der Waals surface area contributed by atoms with E-state index in [9.17, 15) is 8.76 Å². The van der Waals surface area contributed by atoms with Gasteiger partial charge in [0.05, 0.1) is 40.0 Å². The van der Waals surface area contributed by atoms with Crippen LogP contribution < -0.4 is 14.8 Å². The highest BCUT2D eigenvalue weighted by molar-refractivity contribution is 7.95. The molecular formula is C25H32N2O5S. The molecule has 8 heteroatoms. The van der Waals surface area contributed by atoms with Gasteiger partial charge in [-0.05, 0) is 36.8 Å². The quantitative estimate of drug-likeness (QED) is 0.636. The molecule has 0 aromatic heterocycles. The molecule has 2 aliphatic heterocycles. The highest BCUT2D eigenvalue weighted by Gasteiger charge is 2.33. The molecular weight excluding hydrogens is 440 g/mol. The van der Waals surface area contributed by atoms with Crippen LogP contribution in [0.3, 0.4) is 0 Å². The molecule has 2 aliphatic rings. The molecule has 0 aliphatic carbocycles. The number of aryl methyl sites for hydroxylation is 1. The first-order valence-corrected chi connectivity index (χ1v) is 12.6. The monoisotopic (exact) mass is 472 g/mol. The number of benzene rings is 2. The third-order valence-electron chi connectivity index (χ3n) is 5.96. The predicted molar refractivity (Wildman–Crippen MR) is 129 cm³/mol. The fourth-order valence-electron chi connectivity index (χ4n) is 4.13. The Hall–Kier alpha value is -2.39. The molecule has 2 aromatic carbocycles. The smallest absolute Gasteiger partial charge is 0.180 e. The van der Waals surface area contributed by atoms with Crippen LogP contribution in [0.25, 0.3) is 5.57 Å². The van der Waals surface area contributed by atoms with Crippen LogP contribution in [0.1, 0.15) is 25.0 Å². The Morgan fingerprint density at radius 2 is 1.94 bits per heavy atom. The lowest BCUT2D eigenvalue weighted by molar-refractivity contribution is 0.0696. The highest BCUT2D eigenvalue weighted by Crippen LogP contribution is 2.37. The van der Waals surface area contributed by atoms with Gasteiger partial charge in [0, 0.05) is 34.8 Å². The van der Waals surface area contributed by atoms with Crippen molar-refractivity contribution in [3.05, 3.63) is 53.6 Å². The number of anilines is 1. The first kappa shape index (κ1) is 23.8. The molecule has 0 radical (unpaired) electrons. The Bertz CT molecular complexity index is 1090. The number of fused-ring (bicyclic) bond motifs is 1. The van der Waals surface area contributed by atoms with E-state index in [4.69, 9.17) is 14.2 Å². The van der Waals surface area contributed by atoms with Crippen molar-refractivity contribution in [3.63, 3.8) is 0 Å². The minimum atomic E-state index is -3.58. The average molecular weight is 473 g/mol. The number of sulfonamides is 1. The van der Waals surface area contributed by atoms with Gasteiger partial charge in [0.2, 0.25) is 0 Å². The van der Waals surface area contributed by atoms with Crippen molar-refractivity contribution in [3.8, 4) is 11.5 Å². The van der Waals surface area contributed by atoms with E-state index in [1.54, 1.807) is 13.2 Å². The van der Waals surface area contributed by atoms with Gasteiger partial charge in [0.1, 0.15) is 11.5 Å². The summed E-state index contributed by atoms with van der Waals surface area (Å²) in [6.07, 6.45) is 2.21. The van der Waals surface area contributed by atoms with Gasteiger partial charge >= 0.3 is 0 Å². The van der Waals surface area contributed by atoms with E-state index < -0.39 is 10.4 Å². The number of methoxy groups -OCH3 is 1. The molecule has 1 atom stereocenters. The third kappa shape index (κ3) is 5.24. The third-order valence-corrected chi connectivity index (χ3v) is 8.00. The zero-order valence-electron chi connectivity index (χ0n) is 19.7. The van der Waals surface area contributed by atoms with Crippen LogP contribution in [0.15, 0.2) is 47.4 Å². The zero-order chi connectivity index (χ0) is 23.6. The molecule has 1 N–H and O–H groups in total. The molecule has 0 amide bonds. The maximum absolute atomic E-state index is 13.2. The van der Waals surface area contributed by atoms with Gasteiger partial charge in [-0.1, -0.05) is 30.2 Å². The number of nitrogens with zero attached hydrogens (tertiary/aromatic N) is 1. The predicted octanol–water partition coefficient (Wildman–Crippen LogP) is 4.15. The van der Waals surface area contributed by atoms with Crippen molar-refractivity contribution in [2.75, 3.05) is 51.9 Å². The molecule has 2 aromatic rings. The largest absolute Gasteiger partial charge is 0.593 e. The van der Waals surface area contributed by atoms with Crippen molar-refractivity contribution < 1.29 is 23.0 Å². The topological polar surface area (TPSA) is 83.1 Å². The van der Waals surface area contributed by atoms with E-state index in [2.05, 4.69) is 25.2 Å². The second-order valence-corrected chi connectivity index (χ2v) is 11.1. The summed E-state index contributed by atoms with van der Waals surface area (Å²) < 4.78 is 44.8. The van der Waals surface area contributed by atoms with Gasteiger partial charge in [-0.2, -0.15) is 0 Å². The maximum atomic E-state index is 13.2. The van der Waals surface area contributed by atoms with Crippen LogP contribution >= 0.6 is 0 Å². The van der Waals surface area contributed by atoms with Crippen LogP contribution in [0.4, 0.5) is 5.69 Å². The summed E-state index contributed by atoms with van der Waals surface area (Å²) in [6, 6.07) is 11.3. The van der Waals surface area contributed by atoms with Gasteiger partial charge in [0.15, 0.2) is 15.3 Å². The summed E-state index contributed by atoms with van der Waals surface area (Å²) in [6.45, 7) is 8.78. The summed E-state index contributed by atoms with van der Waals surface area (Å²) >= 11 is 0. The van der Waals surface area contributed by atoms with Crippen LogP contribution in [0, 0.1) is 12.3 Å². The molecule has 7 nitrogen and oxygen atoms in total. The fraction of sp³-hybridized carbons (Fsp3) is 0.440. The van der Waals surface area contributed by atoms with E-state index in [1.807, 2.05) is 37.3 Å². The molecule has 33 heavy (non-hydrogen) atoms. The first-order valence-electron chi connectivity index (χ1n) is 11.1. The zero-order valence-corrected chi connectivity index (χ0v) is 20.5. The summed E-state index contributed by atoms with van der Waals surface area (Å²) in [5, 5.41) is 3.43. The van der Waals surface area contributed by atoms with Crippen LogP contribution in [-0.2, 0) is 19.3 Å². The molecule has 0 saturated carbocycles. The van der Waals surface area contributed by atoms with Crippen molar-refractivity contribution >= 4 is 21.7 Å². The van der Waals surface area contributed by atoms with Gasteiger partial charge < -0.3 is 24.1 Å². The molecule has 1 fully saturated rings. The second-order valence-electron chi connectivity index (χ2n) is 9.16. The van der Waals surface area contributed by atoms with Gasteiger partial charge in [-0.3, -0.25) is 0 Å². The summed E-state index contributed by atoms with van der Waals surface area (Å²) in [5.74, 6) is 1.58. The average Bonchev–Trinajstić information content (AvgIpc) is 2.94. The Morgan fingerprint density at radius 1 is 1.18 bits per heavy atom. The first-order chi connectivity index (χ1) is 15.7. The molecule has 1 unspecified atom stereocenters. The lowest BCUT2D eigenvalue weighted by Crippen LogP contribution is -2.44. The molecule has 4 rings (SSSR count). The second kappa shape index (κ2) is 9.46. The standard InChI is InChI=1S/C25H32N2O5S/c1-18-5-6-20(13-24(18)33(28,29)27-9-11-31-12-10-27)26-16-19-15-25(2,3)17-32-23-8-7-21(30-4)14-22(19)23/h5-8,13-15,26H,9-12,16-17H2,1-4H3.